The molecule has 0 aliphatic carbocycles. The third-order valence-corrected chi connectivity index (χ3v) is 8.34. The lowest BCUT2D eigenvalue weighted by Gasteiger charge is -2.36. The Hall–Kier alpha value is -3.36. The average Bonchev–Trinajstić information content (AvgIpc) is 3.46. The average molecular weight is 561 g/mol. The van der Waals surface area contributed by atoms with Gasteiger partial charge in [-0.05, 0) is 67.6 Å². The number of carbonyl (C=O) groups excluding carboxylic acids is 1. The number of ether oxygens (including phenoxy) is 2. The first-order valence-corrected chi connectivity index (χ1v) is 15.5. The minimum absolute atomic E-state index is 0.294. The second kappa shape index (κ2) is 14.3. The number of benzene rings is 2. The van der Waals surface area contributed by atoms with Crippen LogP contribution in [0.4, 0.5) is 10.5 Å². The van der Waals surface area contributed by atoms with Crippen molar-refractivity contribution in [2.75, 3.05) is 50.8 Å². The van der Waals surface area contributed by atoms with Gasteiger partial charge >= 0.3 is 6.09 Å². The molecule has 7 nitrogen and oxygen atoms in total. The van der Waals surface area contributed by atoms with Crippen molar-refractivity contribution < 1.29 is 14.3 Å². The van der Waals surface area contributed by atoms with Gasteiger partial charge < -0.3 is 19.7 Å². The summed E-state index contributed by atoms with van der Waals surface area (Å²) in [6.07, 6.45) is 6.06. The third kappa shape index (κ3) is 7.64. The Bertz CT molecular complexity index is 1380. The molecule has 0 radical (unpaired) electrons. The van der Waals surface area contributed by atoms with Crippen LogP contribution in [0, 0.1) is 0 Å². The topological polar surface area (TPSA) is 66.9 Å². The Balaban J connectivity index is 1.01. The monoisotopic (exact) mass is 560 g/mol. The van der Waals surface area contributed by atoms with Gasteiger partial charge in [-0.15, -0.1) is 11.3 Å². The molecule has 4 aromatic rings. The maximum Gasteiger partial charge on any atom is 0.413 e. The molecule has 0 atom stereocenters. The van der Waals surface area contributed by atoms with Crippen molar-refractivity contribution in [1.82, 2.24) is 15.2 Å². The number of nitrogens with zero attached hydrogens (tertiary/aromatic N) is 3. The van der Waals surface area contributed by atoms with E-state index in [1.54, 1.807) is 6.07 Å². The number of thiophene rings is 1. The summed E-state index contributed by atoms with van der Waals surface area (Å²) in [4.78, 5) is 21.7. The van der Waals surface area contributed by atoms with Gasteiger partial charge in [0.05, 0.1) is 12.1 Å². The van der Waals surface area contributed by atoms with Gasteiger partial charge in [-0.1, -0.05) is 32.3 Å². The largest absolute Gasteiger partial charge is 0.494 e. The van der Waals surface area contributed by atoms with Gasteiger partial charge in [0.2, 0.25) is 5.88 Å². The van der Waals surface area contributed by atoms with E-state index < -0.39 is 6.09 Å². The summed E-state index contributed by atoms with van der Waals surface area (Å²) < 4.78 is 12.8. The van der Waals surface area contributed by atoms with Crippen molar-refractivity contribution in [3.05, 3.63) is 60.0 Å². The summed E-state index contributed by atoms with van der Waals surface area (Å²) in [6, 6.07) is 18.4. The molecule has 5 rings (SSSR count). The molecule has 1 aliphatic rings. The zero-order chi connectivity index (χ0) is 27.6. The smallest absolute Gasteiger partial charge is 0.413 e. The van der Waals surface area contributed by atoms with Crippen LogP contribution >= 0.6 is 11.3 Å². The highest BCUT2D eigenvalue weighted by Gasteiger charge is 2.18. The number of pyridine rings is 1. The van der Waals surface area contributed by atoms with Crippen molar-refractivity contribution >= 4 is 44.1 Å². The first-order chi connectivity index (χ1) is 19.7. The standard InChI is InChI=1S/C32H40N4O3S/c1-2-3-4-5-16-33-32(37)39-31-14-12-25-11-13-26(24-28(25)34-31)38-22-7-6-17-35-18-20-36(21-19-35)29-9-8-10-30-27(29)15-23-40-30/h8-15,23-24H,2-7,16-22H2,1H3,(H,33,37). The van der Waals surface area contributed by atoms with Crippen LogP contribution in [-0.2, 0) is 0 Å². The number of hydrogen-bond acceptors (Lipinski definition) is 7. The number of fused-ring (bicyclic) bond motifs is 2. The highest BCUT2D eigenvalue weighted by molar-refractivity contribution is 7.17. The molecule has 3 heterocycles. The van der Waals surface area contributed by atoms with Gasteiger partial charge in [-0.2, -0.15) is 0 Å². The Morgan fingerprint density at radius 3 is 2.73 bits per heavy atom. The van der Waals surface area contributed by atoms with Crippen LogP contribution in [0.15, 0.2) is 60.0 Å². The highest BCUT2D eigenvalue weighted by Crippen LogP contribution is 2.31. The summed E-state index contributed by atoms with van der Waals surface area (Å²) in [5.41, 5.74) is 2.12. The number of nitrogens with one attached hydrogen (secondary N) is 1. The summed E-state index contributed by atoms with van der Waals surface area (Å²) in [5, 5.41) is 7.34. The number of amides is 1. The molecule has 0 saturated carbocycles. The molecule has 212 valence electrons. The summed E-state index contributed by atoms with van der Waals surface area (Å²) in [7, 11) is 0. The van der Waals surface area contributed by atoms with Crippen molar-refractivity contribution in [3.63, 3.8) is 0 Å². The van der Waals surface area contributed by atoms with E-state index >= 15 is 0 Å². The minimum Gasteiger partial charge on any atom is -0.494 e. The second-order valence-corrected chi connectivity index (χ2v) is 11.3. The maximum absolute atomic E-state index is 12.1. The Morgan fingerprint density at radius 2 is 1.85 bits per heavy atom. The van der Waals surface area contributed by atoms with Gasteiger partial charge in [0, 0.05) is 66.0 Å². The van der Waals surface area contributed by atoms with E-state index in [2.05, 4.69) is 56.7 Å². The summed E-state index contributed by atoms with van der Waals surface area (Å²) in [5.74, 6) is 1.08. The maximum atomic E-state index is 12.1. The van der Waals surface area contributed by atoms with E-state index in [0.29, 0.717) is 19.0 Å². The molecule has 40 heavy (non-hydrogen) atoms. The first kappa shape index (κ1) is 28.2. The molecule has 2 aromatic carbocycles. The van der Waals surface area contributed by atoms with Gasteiger partial charge in [0.25, 0.3) is 0 Å². The van der Waals surface area contributed by atoms with Crippen LogP contribution < -0.4 is 19.7 Å². The lowest BCUT2D eigenvalue weighted by molar-refractivity contribution is 0.198. The number of carbonyl (C=O) groups is 1. The fraction of sp³-hybridized carbons (Fsp3) is 0.438. The van der Waals surface area contributed by atoms with Crippen molar-refractivity contribution in [2.24, 2.45) is 0 Å². The normalized spacial score (nSPS) is 14.1. The van der Waals surface area contributed by atoms with E-state index in [-0.39, 0.29) is 0 Å². The molecule has 0 unspecified atom stereocenters. The second-order valence-electron chi connectivity index (χ2n) is 10.4. The predicted molar refractivity (Wildman–Crippen MR) is 165 cm³/mol. The zero-order valence-electron chi connectivity index (χ0n) is 23.4. The molecule has 0 bridgehead atoms. The molecular weight excluding hydrogens is 520 g/mol. The SMILES string of the molecule is CCCCCCNC(=O)Oc1ccc2ccc(OCCCCN3CCN(c4cccc5sccc45)CC3)cc2n1. The van der Waals surface area contributed by atoms with Crippen LogP contribution in [0.3, 0.4) is 0 Å². The molecule has 2 aromatic heterocycles. The molecule has 1 fully saturated rings. The van der Waals surface area contributed by atoms with Crippen LogP contribution in [0.2, 0.25) is 0 Å². The molecule has 8 heteroatoms. The number of piperazine rings is 1. The number of aromatic nitrogens is 1. The van der Waals surface area contributed by atoms with Gasteiger partial charge in [-0.25, -0.2) is 9.78 Å². The number of unbranched alkanes of at least 4 members (excludes halogenated alkanes) is 4. The van der Waals surface area contributed by atoms with Crippen molar-refractivity contribution in [1.29, 1.82) is 0 Å². The lowest BCUT2D eigenvalue weighted by atomic mass is 10.2. The zero-order valence-corrected chi connectivity index (χ0v) is 24.3. The Kier molecular flexibility index (Phi) is 10.1. The fourth-order valence-corrected chi connectivity index (χ4v) is 6.00. The van der Waals surface area contributed by atoms with Crippen molar-refractivity contribution in [2.45, 2.75) is 45.4 Å². The van der Waals surface area contributed by atoms with Crippen LogP contribution in [-0.4, -0.2) is 61.9 Å². The minimum atomic E-state index is -0.461. The predicted octanol–water partition coefficient (Wildman–Crippen LogP) is 7.10. The third-order valence-electron chi connectivity index (χ3n) is 7.46. The Morgan fingerprint density at radius 1 is 0.975 bits per heavy atom. The van der Waals surface area contributed by atoms with Crippen LogP contribution in [0.5, 0.6) is 11.6 Å². The van der Waals surface area contributed by atoms with Gasteiger partial charge in [0.1, 0.15) is 5.75 Å². The van der Waals surface area contributed by atoms with E-state index in [1.165, 1.54) is 28.6 Å². The van der Waals surface area contributed by atoms with Crippen molar-refractivity contribution in [3.8, 4) is 11.6 Å². The Labute approximate surface area is 241 Å². The summed E-state index contributed by atoms with van der Waals surface area (Å²) in [6.45, 7) is 8.89. The van der Waals surface area contributed by atoms with E-state index in [0.717, 1.165) is 75.1 Å². The molecule has 1 aliphatic heterocycles. The fourth-order valence-electron chi connectivity index (χ4n) is 5.19. The first-order valence-electron chi connectivity index (χ1n) is 14.6. The summed E-state index contributed by atoms with van der Waals surface area (Å²) >= 11 is 1.81. The number of hydrogen-bond donors (Lipinski definition) is 1. The number of rotatable bonds is 13. The van der Waals surface area contributed by atoms with Crippen LogP contribution in [0.25, 0.3) is 21.0 Å². The number of anilines is 1. The molecular formula is C32H40N4O3S. The molecule has 0 spiro atoms. The van der Waals surface area contributed by atoms with E-state index in [1.807, 2.05) is 35.6 Å². The van der Waals surface area contributed by atoms with Gasteiger partial charge in [0.15, 0.2) is 0 Å². The van der Waals surface area contributed by atoms with Gasteiger partial charge in [-0.3, -0.25) is 4.90 Å². The molecule has 1 N–H and O–H groups in total. The van der Waals surface area contributed by atoms with E-state index in [4.69, 9.17) is 9.47 Å². The highest BCUT2D eigenvalue weighted by atomic mass is 32.1. The van der Waals surface area contributed by atoms with E-state index in [9.17, 15) is 4.79 Å². The molecule has 1 amide bonds. The lowest BCUT2D eigenvalue weighted by Crippen LogP contribution is -2.46. The quantitative estimate of drug-likeness (QED) is 0.176. The van der Waals surface area contributed by atoms with Crippen LogP contribution in [0.1, 0.15) is 45.4 Å². The molecule has 1 saturated heterocycles.